The van der Waals surface area contributed by atoms with Crippen LogP contribution in [0.25, 0.3) is 0 Å². The van der Waals surface area contributed by atoms with E-state index in [1.54, 1.807) is 4.90 Å². The quantitative estimate of drug-likeness (QED) is 0.844. The maximum atomic E-state index is 12.6. The lowest BCUT2D eigenvalue weighted by atomic mass is 9.90. The first-order valence-electron chi connectivity index (χ1n) is 9.15. The van der Waals surface area contributed by atoms with E-state index in [1.807, 2.05) is 20.8 Å². The van der Waals surface area contributed by atoms with Crippen LogP contribution in [-0.2, 0) is 24.0 Å². The molecule has 7 heteroatoms. The number of piperazine rings is 1. The maximum Gasteiger partial charge on any atom is 0.410 e. The summed E-state index contributed by atoms with van der Waals surface area (Å²) in [5.41, 5.74) is 2.30. The highest BCUT2D eigenvalue weighted by Gasteiger charge is 2.32. The van der Waals surface area contributed by atoms with Gasteiger partial charge in [-0.1, -0.05) is 0 Å². The summed E-state index contributed by atoms with van der Waals surface area (Å²) in [6.07, 6.45) is 4.20. The number of fused-ring (bicyclic) bond motifs is 1. The topological polar surface area (TPSA) is 87.3 Å². The van der Waals surface area contributed by atoms with E-state index in [2.05, 4.69) is 15.5 Å². The molecule has 1 amide bonds. The van der Waals surface area contributed by atoms with Gasteiger partial charge in [0.15, 0.2) is 0 Å². The fourth-order valence-corrected chi connectivity index (χ4v) is 3.62. The number of rotatable bonds is 2. The zero-order chi connectivity index (χ0) is 18.0. The predicted octanol–water partition coefficient (Wildman–Crippen LogP) is 1.40. The molecule has 25 heavy (non-hydrogen) atoms. The van der Waals surface area contributed by atoms with Gasteiger partial charge in [0.1, 0.15) is 5.60 Å². The van der Waals surface area contributed by atoms with Crippen molar-refractivity contribution < 1.29 is 9.53 Å². The Balaban J connectivity index is 1.81. The molecular weight excluding hydrogens is 320 g/mol. The third-order valence-electron chi connectivity index (χ3n) is 4.79. The Hall–Kier alpha value is -1.89. The molecule has 7 nitrogen and oxygen atoms in total. The van der Waals surface area contributed by atoms with Gasteiger partial charge in [-0.25, -0.2) is 9.89 Å². The molecule has 1 aliphatic heterocycles. The van der Waals surface area contributed by atoms with E-state index >= 15 is 0 Å². The van der Waals surface area contributed by atoms with Crippen molar-refractivity contribution in [1.29, 1.82) is 0 Å². The van der Waals surface area contributed by atoms with Crippen molar-refractivity contribution in [2.45, 2.75) is 64.5 Å². The fraction of sp³-hybridized carbons (Fsp3) is 0.722. The molecule has 0 radical (unpaired) electrons. The van der Waals surface area contributed by atoms with Gasteiger partial charge in [-0.15, -0.1) is 0 Å². The number of carbonyl (C=O) groups is 1. The highest BCUT2D eigenvalue weighted by atomic mass is 16.6. The number of nitrogens with zero attached hydrogens (tertiary/aromatic N) is 2. The largest absolute Gasteiger partial charge is 0.444 e. The van der Waals surface area contributed by atoms with Gasteiger partial charge in [-0.2, -0.15) is 5.10 Å². The highest BCUT2D eigenvalue weighted by Crippen LogP contribution is 2.23. The molecule has 2 aliphatic rings. The van der Waals surface area contributed by atoms with Crippen molar-refractivity contribution in [2.75, 3.05) is 19.6 Å². The number of hydrogen-bond donors (Lipinski definition) is 2. The summed E-state index contributed by atoms with van der Waals surface area (Å²) in [7, 11) is 0. The Morgan fingerprint density at radius 1 is 1.28 bits per heavy atom. The molecule has 3 rings (SSSR count). The molecule has 1 aromatic rings. The number of aromatic nitrogens is 2. The van der Waals surface area contributed by atoms with Gasteiger partial charge in [0.2, 0.25) is 0 Å². The molecule has 1 atom stereocenters. The van der Waals surface area contributed by atoms with Crippen LogP contribution in [0.1, 0.15) is 50.4 Å². The van der Waals surface area contributed by atoms with Crippen LogP contribution >= 0.6 is 0 Å². The van der Waals surface area contributed by atoms with Gasteiger partial charge < -0.3 is 15.0 Å². The van der Waals surface area contributed by atoms with Crippen LogP contribution in [0.5, 0.6) is 0 Å². The highest BCUT2D eigenvalue weighted by molar-refractivity contribution is 5.68. The minimum Gasteiger partial charge on any atom is -0.444 e. The first-order chi connectivity index (χ1) is 11.8. The van der Waals surface area contributed by atoms with Crippen molar-refractivity contribution in [3.8, 4) is 0 Å². The summed E-state index contributed by atoms with van der Waals surface area (Å²) in [6.45, 7) is 7.71. The van der Waals surface area contributed by atoms with Crippen molar-refractivity contribution in [1.82, 2.24) is 20.4 Å². The molecule has 1 saturated heterocycles. The molecule has 0 aromatic carbocycles. The van der Waals surface area contributed by atoms with Crippen molar-refractivity contribution in [3.63, 3.8) is 0 Å². The molecule has 2 heterocycles. The second kappa shape index (κ2) is 7.15. The van der Waals surface area contributed by atoms with Crippen LogP contribution in [0.2, 0.25) is 0 Å². The zero-order valence-corrected chi connectivity index (χ0v) is 15.4. The molecule has 1 aromatic heterocycles. The van der Waals surface area contributed by atoms with E-state index in [1.165, 1.54) is 0 Å². The van der Waals surface area contributed by atoms with Crippen LogP contribution in [0, 0.1) is 0 Å². The van der Waals surface area contributed by atoms with Gasteiger partial charge in [-0.05, 0) is 52.0 Å². The minimum atomic E-state index is -0.512. The van der Waals surface area contributed by atoms with E-state index in [-0.39, 0.29) is 17.7 Å². The molecule has 1 aliphatic carbocycles. The number of nitrogens with one attached hydrogen (secondary N) is 2. The van der Waals surface area contributed by atoms with Gasteiger partial charge in [0.05, 0.1) is 11.7 Å². The summed E-state index contributed by atoms with van der Waals surface area (Å²) in [5, 5.41) is 10.3. The van der Waals surface area contributed by atoms with E-state index in [9.17, 15) is 9.59 Å². The monoisotopic (exact) mass is 348 g/mol. The van der Waals surface area contributed by atoms with E-state index in [0.29, 0.717) is 19.5 Å². The Labute approximate surface area is 148 Å². The Morgan fingerprint density at radius 2 is 2.00 bits per heavy atom. The average molecular weight is 348 g/mol. The van der Waals surface area contributed by atoms with Gasteiger partial charge in [-0.3, -0.25) is 4.79 Å². The van der Waals surface area contributed by atoms with Crippen molar-refractivity contribution in [2.24, 2.45) is 0 Å². The molecule has 0 spiro atoms. The molecule has 2 N–H and O–H groups in total. The van der Waals surface area contributed by atoms with Crippen LogP contribution < -0.4 is 10.9 Å². The summed E-state index contributed by atoms with van der Waals surface area (Å²) in [6, 6.07) is -0.0203. The van der Waals surface area contributed by atoms with E-state index in [0.717, 1.165) is 49.0 Å². The molecule has 1 fully saturated rings. The molecule has 138 valence electrons. The third-order valence-corrected chi connectivity index (χ3v) is 4.79. The number of hydrogen-bond acceptors (Lipinski definition) is 5. The lowest BCUT2D eigenvalue weighted by Crippen LogP contribution is -2.55. The van der Waals surface area contributed by atoms with Gasteiger partial charge in [0, 0.05) is 31.6 Å². The SMILES string of the molecule is CC(C)(C)OC(=O)N1CCNCC1Cc1n[nH]c(=O)c2c1CCCC2. The Morgan fingerprint density at radius 3 is 2.72 bits per heavy atom. The van der Waals surface area contributed by atoms with E-state index in [4.69, 9.17) is 4.74 Å². The van der Waals surface area contributed by atoms with Crippen molar-refractivity contribution in [3.05, 3.63) is 27.2 Å². The standard InChI is InChI=1S/C18H28N4O3/c1-18(2,3)25-17(24)22-9-8-19-11-12(22)10-15-13-6-4-5-7-14(13)16(23)21-20-15/h12,19H,4-11H2,1-3H3,(H,21,23). The summed E-state index contributed by atoms with van der Waals surface area (Å²) in [5.74, 6) is 0. The molecular formula is C18H28N4O3. The van der Waals surface area contributed by atoms with Gasteiger partial charge in [0.25, 0.3) is 5.56 Å². The molecule has 1 unspecified atom stereocenters. The van der Waals surface area contributed by atoms with Crippen LogP contribution in [-0.4, -0.2) is 52.5 Å². The maximum absolute atomic E-state index is 12.6. The first kappa shape index (κ1) is 17.9. The normalized spacial score (nSPS) is 20.9. The van der Waals surface area contributed by atoms with E-state index < -0.39 is 5.60 Å². The number of aromatic amines is 1. The third kappa shape index (κ3) is 4.21. The lowest BCUT2D eigenvalue weighted by molar-refractivity contribution is 0.0120. The lowest BCUT2D eigenvalue weighted by Gasteiger charge is -2.37. The Bertz CT molecular complexity index is 693. The minimum absolute atomic E-state index is 0.0203. The summed E-state index contributed by atoms with van der Waals surface area (Å²) in [4.78, 5) is 26.4. The second-order valence-corrected chi connectivity index (χ2v) is 7.90. The number of amides is 1. The first-order valence-corrected chi connectivity index (χ1v) is 9.15. The second-order valence-electron chi connectivity index (χ2n) is 7.90. The van der Waals surface area contributed by atoms with Crippen LogP contribution in [0.15, 0.2) is 4.79 Å². The average Bonchev–Trinajstić information content (AvgIpc) is 2.56. The van der Waals surface area contributed by atoms with Crippen molar-refractivity contribution >= 4 is 6.09 Å². The number of ether oxygens (including phenoxy) is 1. The smallest absolute Gasteiger partial charge is 0.410 e. The predicted molar refractivity (Wildman–Crippen MR) is 94.8 cm³/mol. The zero-order valence-electron chi connectivity index (χ0n) is 15.4. The Kier molecular flexibility index (Phi) is 5.13. The number of carbonyl (C=O) groups excluding carboxylic acids is 1. The molecule has 0 bridgehead atoms. The number of H-pyrrole nitrogens is 1. The van der Waals surface area contributed by atoms with Crippen LogP contribution in [0.4, 0.5) is 4.79 Å². The van der Waals surface area contributed by atoms with Crippen LogP contribution in [0.3, 0.4) is 0 Å². The summed E-state index contributed by atoms with van der Waals surface area (Å²) < 4.78 is 5.56. The molecule has 0 saturated carbocycles. The summed E-state index contributed by atoms with van der Waals surface area (Å²) >= 11 is 0. The van der Waals surface area contributed by atoms with Gasteiger partial charge >= 0.3 is 6.09 Å². The fourth-order valence-electron chi connectivity index (χ4n) is 3.62.